The lowest BCUT2D eigenvalue weighted by Gasteiger charge is -2.31. The normalized spacial score (nSPS) is 15.3. The SMILES string of the molecule is CCC(Oc1ccc(C(=O)NS(=O)(=O)N2CCC(OCCN(C)C)CC2)c(F)c1F)c1ccc(Oc2ccccn2)cn1. The largest absolute Gasteiger partial charge is 0.481 e. The van der Waals surface area contributed by atoms with Crippen LogP contribution in [0.4, 0.5) is 8.78 Å². The van der Waals surface area contributed by atoms with Gasteiger partial charge in [-0.1, -0.05) is 13.0 Å². The third-order valence-corrected chi connectivity index (χ3v) is 8.22. The summed E-state index contributed by atoms with van der Waals surface area (Å²) in [4.78, 5) is 23.1. The molecule has 0 radical (unpaired) electrons. The molecule has 0 spiro atoms. The van der Waals surface area contributed by atoms with Crippen LogP contribution in [0.5, 0.6) is 17.4 Å². The van der Waals surface area contributed by atoms with E-state index in [-0.39, 0.29) is 19.2 Å². The second-order valence-corrected chi connectivity index (χ2v) is 11.8. The first-order valence-corrected chi connectivity index (χ1v) is 15.3. The number of aromatic nitrogens is 2. The van der Waals surface area contributed by atoms with Crippen LogP contribution < -0.4 is 14.2 Å². The average molecular weight is 620 g/mol. The Morgan fingerprint density at radius 1 is 1.09 bits per heavy atom. The maximum absolute atomic E-state index is 15.0. The van der Waals surface area contributed by atoms with E-state index >= 15 is 4.39 Å². The number of benzene rings is 1. The van der Waals surface area contributed by atoms with Crippen LogP contribution in [0.15, 0.2) is 54.9 Å². The number of rotatable bonds is 13. The molecule has 2 aromatic heterocycles. The Morgan fingerprint density at radius 3 is 2.49 bits per heavy atom. The summed E-state index contributed by atoms with van der Waals surface area (Å²) in [5.41, 5.74) is -0.326. The number of hydrogen-bond donors (Lipinski definition) is 1. The second-order valence-electron chi connectivity index (χ2n) is 10.2. The highest BCUT2D eigenvalue weighted by atomic mass is 32.2. The topological polar surface area (TPSA) is 123 Å². The molecule has 1 atom stereocenters. The summed E-state index contributed by atoms with van der Waals surface area (Å²) in [7, 11) is -0.427. The summed E-state index contributed by atoms with van der Waals surface area (Å²) in [5.74, 6) is -3.87. The van der Waals surface area contributed by atoms with Gasteiger partial charge in [0.25, 0.3) is 5.91 Å². The van der Waals surface area contributed by atoms with Gasteiger partial charge >= 0.3 is 10.2 Å². The van der Waals surface area contributed by atoms with Crippen LogP contribution >= 0.6 is 0 Å². The lowest BCUT2D eigenvalue weighted by molar-refractivity contribution is 0.0147. The minimum Gasteiger partial charge on any atom is -0.481 e. The molecule has 11 nitrogen and oxygen atoms in total. The highest BCUT2D eigenvalue weighted by Gasteiger charge is 2.31. The fraction of sp³-hybridized carbons (Fsp3) is 0.414. The number of hydrogen-bond acceptors (Lipinski definition) is 9. The van der Waals surface area contributed by atoms with Gasteiger partial charge in [0, 0.05) is 31.9 Å². The van der Waals surface area contributed by atoms with Gasteiger partial charge in [0.2, 0.25) is 11.7 Å². The molecule has 14 heteroatoms. The summed E-state index contributed by atoms with van der Waals surface area (Å²) in [6.45, 7) is 3.30. The molecule has 0 saturated carbocycles. The van der Waals surface area contributed by atoms with Crippen molar-refractivity contribution < 1.29 is 36.2 Å². The zero-order valence-corrected chi connectivity index (χ0v) is 25.0. The highest BCUT2D eigenvalue weighted by molar-refractivity contribution is 7.87. The van der Waals surface area contributed by atoms with Gasteiger partial charge in [0.05, 0.1) is 30.2 Å². The first-order chi connectivity index (χ1) is 20.6. The van der Waals surface area contributed by atoms with Crippen molar-refractivity contribution in [3.63, 3.8) is 0 Å². The molecule has 4 rings (SSSR count). The molecule has 1 saturated heterocycles. The molecule has 1 unspecified atom stereocenters. The van der Waals surface area contributed by atoms with Crippen LogP contribution in [0, 0.1) is 11.6 Å². The van der Waals surface area contributed by atoms with Crippen molar-refractivity contribution in [2.24, 2.45) is 0 Å². The number of halogens is 2. The van der Waals surface area contributed by atoms with Crippen molar-refractivity contribution in [3.8, 4) is 17.4 Å². The number of likely N-dealkylation sites (N-methyl/N-ethyl adjacent to an activating group) is 1. The first-order valence-electron chi connectivity index (χ1n) is 13.9. The summed E-state index contributed by atoms with van der Waals surface area (Å²) in [6.07, 6.45) is 3.48. The Morgan fingerprint density at radius 2 is 1.86 bits per heavy atom. The molecule has 1 N–H and O–H groups in total. The number of amides is 1. The number of carbonyl (C=O) groups is 1. The Balaban J connectivity index is 1.36. The van der Waals surface area contributed by atoms with Crippen molar-refractivity contribution in [1.82, 2.24) is 23.9 Å². The number of carbonyl (C=O) groups excluding carboxylic acids is 1. The van der Waals surface area contributed by atoms with Crippen molar-refractivity contribution >= 4 is 16.1 Å². The molecule has 1 fully saturated rings. The van der Waals surface area contributed by atoms with Crippen LogP contribution in [0.2, 0.25) is 0 Å². The van der Waals surface area contributed by atoms with E-state index < -0.39 is 45.2 Å². The van der Waals surface area contributed by atoms with E-state index in [0.717, 1.165) is 23.0 Å². The van der Waals surface area contributed by atoms with Gasteiger partial charge in [0.15, 0.2) is 11.6 Å². The molecule has 1 aromatic carbocycles. The molecule has 43 heavy (non-hydrogen) atoms. The van der Waals surface area contributed by atoms with E-state index in [1.54, 1.807) is 43.5 Å². The van der Waals surface area contributed by atoms with E-state index in [1.165, 1.54) is 6.20 Å². The highest BCUT2D eigenvalue weighted by Crippen LogP contribution is 2.30. The predicted octanol–water partition coefficient (Wildman–Crippen LogP) is 4.09. The van der Waals surface area contributed by atoms with Gasteiger partial charge in [-0.15, -0.1) is 0 Å². The van der Waals surface area contributed by atoms with Crippen LogP contribution in [0.25, 0.3) is 0 Å². The van der Waals surface area contributed by atoms with Crippen molar-refractivity contribution in [2.75, 3.05) is 40.3 Å². The molecule has 3 heterocycles. The molecule has 0 bridgehead atoms. The summed E-state index contributed by atoms with van der Waals surface area (Å²) >= 11 is 0. The molecule has 1 amide bonds. The molecule has 1 aliphatic rings. The van der Waals surface area contributed by atoms with Crippen LogP contribution in [-0.4, -0.2) is 79.9 Å². The zero-order valence-electron chi connectivity index (χ0n) is 24.2. The van der Waals surface area contributed by atoms with Crippen molar-refractivity contribution in [2.45, 2.75) is 38.4 Å². The fourth-order valence-electron chi connectivity index (χ4n) is 4.35. The number of ether oxygens (including phenoxy) is 3. The third kappa shape index (κ3) is 8.66. The third-order valence-electron chi connectivity index (χ3n) is 6.74. The Hall–Kier alpha value is -3.72. The Bertz CT molecular complexity index is 1470. The lowest BCUT2D eigenvalue weighted by atomic mass is 10.1. The van der Waals surface area contributed by atoms with Gasteiger partial charge in [-0.05, 0) is 63.7 Å². The van der Waals surface area contributed by atoms with E-state index in [9.17, 15) is 17.6 Å². The maximum Gasteiger partial charge on any atom is 0.304 e. The summed E-state index contributed by atoms with van der Waals surface area (Å²) in [6, 6.07) is 10.6. The minimum atomic E-state index is -4.28. The van der Waals surface area contributed by atoms with Gasteiger partial charge in [0.1, 0.15) is 11.9 Å². The predicted molar refractivity (Wildman–Crippen MR) is 154 cm³/mol. The van der Waals surface area contributed by atoms with Crippen LogP contribution in [0.1, 0.15) is 48.3 Å². The number of nitrogens with zero attached hydrogens (tertiary/aromatic N) is 4. The van der Waals surface area contributed by atoms with Crippen molar-refractivity contribution in [1.29, 1.82) is 0 Å². The number of nitrogens with one attached hydrogen (secondary N) is 1. The van der Waals surface area contributed by atoms with Gasteiger partial charge in [-0.3, -0.25) is 9.78 Å². The fourth-order valence-corrected chi connectivity index (χ4v) is 5.52. The maximum atomic E-state index is 15.0. The Kier molecular flexibility index (Phi) is 11.0. The van der Waals surface area contributed by atoms with Crippen LogP contribution in [-0.2, 0) is 14.9 Å². The van der Waals surface area contributed by atoms with E-state index in [4.69, 9.17) is 14.2 Å². The molecular formula is C29H35F2N5O6S. The monoisotopic (exact) mass is 619 g/mol. The van der Waals surface area contributed by atoms with Gasteiger partial charge in [-0.2, -0.15) is 17.1 Å². The Labute approximate surface area is 250 Å². The van der Waals surface area contributed by atoms with Gasteiger partial charge in [-0.25, -0.2) is 14.1 Å². The standard InChI is InChI=1S/C29H35F2N5O6S/c1-4-24(23-10-8-21(19-33-23)41-26-7-5-6-14-32-26)42-25-11-9-22(27(30)28(25)31)29(37)34-43(38,39)36-15-12-20(13-16-36)40-18-17-35(2)3/h5-11,14,19-20,24H,4,12-13,15-18H2,1-3H3,(H,34,37). The smallest absolute Gasteiger partial charge is 0.304 e. The lowest BCUT2D eigenvalue weighted by Crippen LogP contribution is -2.48. The molecular weight excluding hydrogens is 584 g/mol. The minimum absolute atomic E-state index is 0.0961. The quantitative estimate of drug-likeness (QED) is 0.301. The number of pyridine rings is 2. The van der Waals surface area contributed by atoms with Crippen LogP contribution in [0.3, 0.4) is 0 Å². The zero-order chi connectivity index (χ0) is 31.0. The summed E-state index contributed by atoms with van der Waals surface area (Å²) in [5, 5.41) is 0. The summed E-state index contributed by atoms with van der Waals surface area (Å²) < 4.78 is 75.6. The van der Waals surface area contributed by atoms with Gasteiger partial charge < -0.3 is 19.1 Å². The van der Waals surface area contributed by atoms with E-state index in [2.05, 4.69) is 9.97 Å². The average Bonchev–Trinajstić information content (AvgIpc) is 2.99. The molecule has 232 valence electrons. The molecule has 1 aliphatic heterocycles. The second kappa shape index (κ2) is 14.6. The molecule has 3 aromatic rings. The first kappa shape index (κ1) is 32.2. The van der Waals surface area contributed by atoms with E-state index in [1.807, 2.05) is 23.7 Å². The number of piperidine rings is 1. The van der Waals surface area contributed by atoms with Crippen molar-refractivity contribution in [3.05, 3.63) is 77.8 Å². The van der Waals surface area contributed by atoms with E-state index in [0.29, 0.717) is 43.2 Å². The molecule has 0 aliphatic carbocycles.